The Hall–Kier alpha value is -0.820. The van der Waals surface area contributed by atoms with E-state index in [0.717, 1.165) is 24.8 Å². The summed E-state index contributed by atoms with van der Waals surface area (Å²) in [6.07, 6.45) is 5.27. The summed E-state index contributed by atoms with van der Waals surface area (Å²) in [7, 11) is 0. The first-order valence-corrected chi connectivity index (χ1v) is 7.52. The van der Waals surface area contributed by atoms with Crippen LogP contribution in [0.15, 0.2) is 24.3 Å². The summed E-state index contributed by atoms with van der Waals surface area (Å²) < 4.78 is 0. The van der Waals surface area contributed by atoms with Gasteiger partial charge in [-0.3, -0.25) is 0 Å². The van der Waals surface area contributed by atoms with Crippen molar-refractivity contribution < 1.29 is 0 Å². The minimum atomic E-state index is 0.708. The first-order valence-electron chi connectivity index (χ1n) is 7.52. The third-order valence-corrected chi connectivity index (χ3v) is 4.71. The molecule has 18 heavy (non-hydrogen) atoms. The van der Waals surface area contributed by atoms with E-state index in [0.29, 0.717) is 6.04 Å². The van der Waals surface area contributed by atoms with Gasteiger partial charge in [0, 0.05) is 12.6 Å². The molecule has 1 aromatic carbocycles. The lowest BCUT2D eigenvalue weighted by molar-refractivity contribution is 0.206. The highest BCUT2D eigenvalue weighted by atomic mass is 14.9. The average Bonchev–Trinajstić information content (AvgIpc) is 2.41. The Kier molecular flexibility index (Phi) is 4.82. The van der Waals surface area contributed by atoms with Crippen molar-refractivity contribution in [3.8, 4) is 0 Å². The molecule has 0 unspecified atom stereocenters. The van der Waals surface area contributed by atoms with Gasteiger partial charge in [0.25, 0.3) is 0 Å². The molecular weight excluding hydrogens is 218 g/mol. The van der Waals surface area contributed by atoms with Crippen LogP contribution in [0.4, 0.5) is 0 Å². The van der Waals surface area contributed by atoms with Crippen molar-refractivity contribution in [3.63, 3.8) is 0 Å². The van der Waals surface area contributed by atoms with Crippen molar-refractivity contribution in [1.82, 2.24) is 5.32 Å². The molecule has 1 aliphatic carbocycles. The van der Waals surface area contributed by atoms with Crippen LogP contribution in [0.2, 0.25) is 0 Å². The van der Waals surface area contributed by atoms with E-state index >= 15 is 0 Å². The molecule has 0 amide bonds. The second-order valence-corrected chi connectivity index (χ2v) is 5.92. The van der Waals surface area contributed by atoms with Crippen LogP contribution in [0.3, 0.4) is 0 Å². The van der Waals surface area contributed by atoms with Crippen LogP contribution in [0, 0.1) is 11.8 Å². The fraction of sp³-hybridized carbons (Fsp3) is 0.647. The van der Waals surface area contributed by atoms with Crippen molar-refractivity contribution in [1.29, 1.82) is 0 Å². The van der Waals surface area contributed by atoms with E-state index in [-0.39, 0.29) is 0 Å². The van der Waals surface area contributed by atoms with Gasteiger partial charge in [-0.15, -0.1) is 0 Å². The van der Waals surface area contributed by atoms with Gasteiger partial charge in [-0.25, -0.2) is 0 Å². The van der Waals surface area contributed by atoms with Gasteiger partial charge >= 0.3 is 0 Å². The van der Waals surface area contributed by atoms with Crippen LogP contribution in [0.25, 0.3) is 0 Å². The monoisotopic (exact) mass is 245 g/mol. The minimum absolute atomic E-state index is 0.708. The van der Waals surface area contributed by atoms with Crippen LogP contribution < -0.4 is 5.32 Å². The van der Waals surface area contributed by atoms with Crippen LogP contribution in [-0.2, 0) is 13.0 Å². The Labute approximate surface area is 112 Å². The van der Waals surface area contributed by atoms with E-state index in [2.05, 4.69) is 50.4 Å². The lowest BCUT2D eigenvalue weighted by atomic mass is 9.78. The Bertz CT molecular complexity index is 354. The van der Waals surface area contributed by atoms with Gasteiger partial charge in [0.1, 0.15) is 0 Å². The van der Waals surface area contributed by atoms with Crippen molar-refractivity contribution >= 4 is 0 Å². The molecule has 0 heterocycles. The lowest BCUT2D eigenvalue weighted by Crippen LogP contribution is -2.40. The van der Waals surface area contributed by atoms with Crippen LogP contribution >= 0.6 is 0 Å². The quantitative estimate of drug-likeness (QED) is 0.839. The van der Waals surface area contributed by atoms with Crippen molar-refractivity contribution in [2.75, 3.05) is 0 Å². The molecule has 100 valence electrons. The Morgan fingerprint density at radius 2 is 1.72 bits per heavy atom. The highest BCUT2D eigenvalue weighted by Gasteiger charge is 2.26. The largest absolute Gasteiger partial charge is 0.310 e. The fourth-order valence-corrected chi connectivity index (χ4v) is 3.01. The van der Waals surface area contributed by atoms with E-state index in [4.69, 9.17) is 0 Å². The van der Waals surface area contributed by atoms with Gasteiger partial charge in [0.2, 0.25) is 0 Å². The summed E-state index contributed by atoms with van der Waals surface area (Å²) in [5.74, 6) is 1.69. The molecule has 0 aliphatic heterocycles. The summed E-state index contributed by atoms with van der Waals surface area (Å²) in [5.41, 5.74) is 2.84. The first kappa shape index (κ1) is 13.6. The number of nitrogens with one attached hydrogen (secondary N) is 1. The summed E-state index contributed by atoms with van der Waals surface area (Å²) in [6, 6.07) is 9.75. The molecule has 1 heteroatoms. The summed E-state index contributed by atoms with van der Waals surface area (Å²) in [5, 5.41) is 3.76. The zero-order valence-electron chi connectivity index (χ0n) is 12.1. The molecular formula is C17H27N. The zero-order chi connectivity index (χ0) is 13.0. The second kappa shape index (κ2) is 6.38. The highest BCUT2D eigenvalue weighted by Crippen LogP contribution is 2.29. The average molecular weight is 245 g/mol. The smallest absolute Gasteiger partial charge is 0.0208 e. The van der Waals surface area contributed by atoms with Gasteiger partial charge in [-0.1, -0.05) is 57.9 Å². The molecule has 1 nitrogen and oxygen atoms in total. The molecule has 1 aliphatic rings. The summed E-state index contributed by atoms with van der Waals surface area (Å²) in [6.45, 7) is 8.03. The molecule has 0 bridgehead atoms. The number of rotatable bonds is 4. The molecule has 0 radical (unpaired) electrons. The predicted octanol–water partition coefficient (Wildman–Crippen LogP) is 4.16. The van der Waals surface area contributed by atoms with Crippen molar-refractivity contribution in [2.24, 2.45) is 11.8 Å². The van der Waals surface area contributed by atoms with Gasteiger partial charge < -0.3 is 5.32 Å². The Morgan fingerprint density at radius 3 is 2.39 bits per heavy atom. The number of benzene rings is 1. The maximum Gasteiger partial charge on any atom is 0.0208 e. The number of aryl methyl sites for hydroxylation is 1. The van der Waals surface area contributed by atoms with E-state index in [1.165, 1.54) is 30.4 Å². The van der Waals surface area contributed by atoms with Crippen LogP contribution in [0.5, 0.6) is 0 Å². The van der Waals surface area contributed by atoms with Gasteiger partial charge in [0.15, 0.2) is 0 Å². The van der Waals surface area contributed by atoms with Crippen LogP contribution in [0.1, 0.15) is 51.2 Å². The van der Waals surface area contributed by atoms with E-state index in [1.807, 2.05) is 0 Å². The summed E-state index contributed by atoms with van der Waals surface area (Å²) in [4.78, 5) is 0. The maximum absolute atomic E-state index is 3.76. The summed E-state index contributed by atoms with van der Waals surface area (Å²) >= 11 is 0. The normalized spacial score (nSPS) is 28.3. The SMILES string of the molecule is CCc1ccc(CN[C@H]2CCC[C@H](C)[C@@H]2C)cc1. The topological polar surface area (TPSA) is 12.0 Å². The highest BCUT2D eigenvalue weighted by molar-refractivity contribution is 5.22. The lowest BCUT2D eigenvalue weighted by Gasteiger charge is -2.34. The van der Waals surface area contributed by atoms with Gasteiger partial charge in [0.05, 0.1) is 0 Å². The molecule has 3 atom stereocenters. The zero-order valence-corrected chi connectivity index (χ0v) is 12.1. The van der Waals surface area contributed by atoms with E-state index in [1.54, 1.807) is 0 Å². The van der Waals surface area contributed by atoms with Gasteiger partial charge in [-0.05, 0) is 35.8 Å². The third kappa shape index (κ3) is 3.35. The molecule has 2 rings (SSSR count). The maximum atomic E-state index is 3.76. The predicted molar refractivity (Wildman–Crippen MR) is 78.6 cm³/mol. The van der Waals surface area contributed by atoms with Crippen molar-refractivity contribution in [3.05, 3.63) is 35.4 Å². The first-order chi connectivity index (χ1) is 8.70. The second-order valence-electron chi connectivity index (χ2n) is 5.92. The van der Waals surface area contributed by atoms with Crippen molar-refractivity contribution in [2.45, 2.75) is 59.0 Å². The number of hydrogen-bond donors (Lipinski definition) is 1. The molecule has 1 saturated carbocycles. The van der Waals surface area contributed by atoms with E-state index in [9.17, 15) is 0 Å². The molecule has 0 spiro atoms. The Balaban J connectivity index is 1.86. The van der Waals surface area contributed by atoms with Crippen LogP contribution in [-0.4, -0.2) is 6.04 Å². The molecule has 1 N–H and O–H groups in total. The van der Waals surface area contributed by atoms with E-state index < -0.39 is 0 Å². The van der Waals surface area contributed by atoms with Gasteiger partial charge in [-0.2, -0.15) is 0 Å². The number of hydrogen-bond acceptors (Lipinski definition) is 1. The minimum Gasteiger partial charge on any atom is -0.310 e. The standard InChI is InChI=1S/C17H27N/c1-4-15-8-10-16(11-9-15)12-18-17-7-5-6-13(2)14(17)3/h8-11,13-14,17-18H,4-7,12H2,1-3H3/t13-,14-,17-/m0/s1. The Morgan fingerprint density at radius 1 is 1.06 bits per heavy atom. The third-order valence-electron chi connectivity index (χ3n) is 4.71. The molecule has 1 fully saturated rings. The molecule has 0 aromatic heterocycles. The fourth-order valence-electron chi connectivity index (χ4n) is 3.01. The molecule has 1 aromatic rings. The molecule has 0 saturated heterocycles.